The van der Waals surface area contributed by atoms with Gasteiger partial charge < -0.3 is 5.32 Å². The standard InChI is InChI=1S/C19H24N2O3S/c1-14(19(22)20-18-9-10-25(23,24)13-18)21(2)12-15-7-8-16-5-3-4-6-17(16)11-15/h3-8,11,14,18H,9-10,12-13H2,1-2H3,(H,20,22)/t14-,18+/m1/s1. The molecule has 2 aromatic carbocycles. The van der Waals surface area contributed by atoms with Crippen LogP contribution in [0.5, 0.6) is 0 Å². The maximum absolute atomic E-state index is 12.4. The van der Waals surface area contributed by atoms with Gasteiger partial charge in [0.1, 0.15) is 0 Å². The topological polar surface area (TPSA) is 66.5 Å². The second-order valence-electron chi connectivity index (χ2n) is 6.88. The van der Waals surface area contributed by atoms with Crippen LogP contribution >= 0.6 is 0 Å². The minimum absolute atomic E-state index is 0.0554. The van der Waals surface area contributed by atoms with Crippen LogP contribution in [0.3, 0.4) is 0 Å². The van der Waals surface area contributed by atoms with Crippen molar-refractivity contribution in [1.29, 1.82) is 0 Å². The van der Waals surface area contributed by atoms with Crippen molar-refractivity contribution in [3.8, 4) is 0 Å². The molecule has 0 aliphatic carbocycles. The summed E-state index contributed by atoms with van der Waals surface area (Å²) in [5.41, 5.74) is 1.14. The summed E-state index contributed by atoms with van der Waals surface area (Å²) in [5, 5.41) is 5.25. The molecule has 6 heteroatoms. The molecule has 1 saturated heterocycles. The Kier molecular flexibility index (Phi) is 5.11. The summed E-state index contributed by atoms with van der Waals surface area (Å²) in [4.78, 5) is 14.4. The number of hydrogen-bond acceptors (Lipinski definition) is 4. The summed E-state index contributed by atoms with van der Waals surface area (Å²) in [5.74, 6) is 0.101. The lowest BCUT2D eigenvalue weighted by Crippen LogP contribution is -2.47. The molecule has 0 unspecified atom stereocenters. The van der Waals surface area contributed by atoms with Crippen molar-refractivity contribution in [2.75, 3.05) is 18.6 Å². The Morgan fingerprint density at radius 1 is 1.24 bits per heavy atom. The van der Waals surface area contributed by atoms with E-state index in [4.69, 9.17) is 0 Å². The second kappa shape index (κ2) is 7.14. The van der Waals surface area contributed by atoms with Crippen LogP contribution in [-0.4, -0.2) is 49.9 Å². The fourth-order valence-electron chi connectivity index (χ4n) is 3.19. The highest BCUT2D eigenvalue weighted by Crippen LogP contribution is 2.17. The van der Waals surface area contributed by atoms with Crippen LogP contribution < -0.4 is 5.32 Å². The van der Waals surface area contributed by atoms with Crippen LogP contribution in [0.1, 0.15) is 18.9 Å². The van der Waals surface area contributed by atoms with Gasteiger partial charge in [0.05, 0.1) is 17.5 Å². The zero-order valence-electron chi connectivity index (χ0n) is 14.6. The van der Waals surface area contributed by atoms with E-state index in [2.05, 4.69) is 35.6 Å². The van der Waals surface area contributed by atoms with Crippen molar-refractivity contribution in [2.45, 2.75) is 32.0 Å². The van der Waals surface area contributed by atoms with Gasteiger partial charge in [0.15, 0.2) is 9.84 Å². The smallest absolute Gasteiger partial charge is 0.237 e. The molecule has 1 N–H and O–H groups in total. The van der Waals surface area contributed by atoms with Gasteiger partial charge in [-0.1, -0.05) is 36.4 Å². The lowest BCUT2D eigenvalue weighted by atomic mass is 10.1. The van der Waals surface area contributed by atoms with Crippen molar-refractivity contribution < 1.29 is 13.2 Å². The summed E-state index contributed by atoms with van der Waals surface area (Å²) in [6, 6.07) is 13.9. The molecular formula is C19H24N2O3S. The van der Waals surface area contributed by atoms with E-state index in [1.165, 1.54) is 10.8 Å². The van der Waals surface area contributed by atoms with Crippen molar-refractivity contribution in [3.05, 3.63) is 48.0 Å². The number of nitrogens with zero attached hydrogens (tertiary/aromatic N) is 1. The molecule has 5 nitrogen and oxygen atoms in total. The quantitative estimate of drug-likeness (QED) is 0.885. The van der Waals surface area contributed by atoms with Gasteiger partial charge in [-0.3, -0.25) is 9.69 Å². The number of nitrogens with one attached hydrogen (secondary N) is 1. The molecule has 25 heavy (non-hydrogen) atoms. The SMILES string of the molecule is C[C@H](C(=O)N[C@H]1CCS(=O)(=O)C1)N(C)Cc1ccc2ccccc2c1. The lowest BCUT2D eigenvalue weighted by molar-refractivity contribution is -0.126. The van der Waals surface area contributed by atoms with Crippen molar-refractivity contribution in [1.82, 2.24) is 10.2 Å². The average molecular weight is 360 g/mol. The van der Waals surface area contributed by atoms with E-state index in [1.54, 1.807) is 0 Å². The van der Waals surface area contributed by atoms with Gasteiger partial charge in [-0.05, 0) is 42.8 Å². The third kappa shape index (κ3) is 4.38. The Balaban J connectivity index is 1.61. The van der Waals surface area contributed by atoms with Crippen LogP contribution in [0, 0.1) is 0 Å². The number of carbonyl (C=O) groups excluding carboxylic acids is 1. The number of likely N-dealkylation sites (N-methyl/N-ethyl adjacent to an activating group) is 1. The van der Waals surface area contributed by atoms with Gasteiger partial charge in [0.25, 0.3) is 0 Å². The van der Waals surface area contributed by atoms with Crippen LogP contribution in [0.15, 0.2) is 42.5 Å². The van der Waals surface area contributed by atoms with Crippen LogP contribution in [-0.2, 0) is 21.2 Å². The summed E-state index contributed by atoms with van der Waals surface area (Å²) in [6.45, 7) is 2.50. The Hall–Kier alpha value is -1.92. The van der Waals surface area contributed by atoms with E-state index in [0.717, 1.165) is 5.56 Å². The average Bonchev–Trinajstić information content (AvgIpc) is 2.92. The highest BCUT2D eigenvalue weighted by Gasteiger charge is 2.30. The molecule has 134 valence electrons. The Morgan fingerprint density at radius 3 is 2.64 bits per heavy atom. The molecule has 1 amide bonds. The molecule has 1 aliphatic rings. The van der Waals surface area contributed by atoms with Crippen molar-refractivity contribution >= 4 is 26.5 Å². The van der Waals surface area contributed by atoms with Crippen molar-refractivity contribution in [2.24, 2.45) is 0 Å². The highest BCUT2D eigenvalue weighted by atomic mass is 32.2. The first-order chi connectivity index (χ1) is 11.8. The minimum atomic E-state index is -2.98. The normalized spacial score (nSPS) is 20.7. The maximum atomic E-state index is 12.4. The summed E-state index contributed by atoms with van der Waals surface area (Å²) in [6.07, 6.45) is 0.509. The molecule has 0 saturated carbocycles. The minimum Gasteiger partial charge on any atom is -0.351 e. The van der Waals surface area contributed by atoms with Gasteiger partial charge in [0, 0.05) is 12.6 Å². The molecule has 0 aromatic heterocycles. The number of sulfone groups is 1. The molecule has 1 heterocycles. The number of amides is 1. The summed E-state index contributed by atoms with van der Waals surface area (Å²) >= 11 is 0. The first kappa shape index (κ1) is 17.9. The summed E-state index contributed by atoms with van der Waals surface area (Å²) in [7, 11) is -1.08. The maximum Gasteiger partial charge on any atom is 0.237 e. The number of rotatable bonds is 5. The van der Waals surface area contributed by atoms with E-state index >= 15 is 0 Å². The number of carbonyl (C=O) groups is 1. The zero-order chi connectivity index (χ0) is 18.0. The molecule has 2 aromatic rings. The van der Waals surface area contributed by atoms with Gasteiger partial charge in [-0.25, -0.2) is 8.42 Å². The second-order valence-corrected chi connectivity index (χ2v) is 9.11. The van der Waals surface area contributed by atoms with Gasteiger partial charge >= 0.3 is 0 Å². The molecule has 1 fully saturated rings. The summed E-state index contributed by atoms with van der Waals surface area (Å²) < 4.78 is 23.0. The Bertz CT molecular complexity index is 879. The lowest BCUT2D eigenvalue weighted by Gasteiger charge is -2.25. The van der Waals surface area contributed by atoms with Crippen LogP contribution in [0.25, 0.3) is 10.8 Å². The Labute approximate surface area is 148 Å². The first-order valence-electron chi connectivity index (χ1n) is 8.53. The van der Waals surface area contributed by atoms with E-state index in [-0.39, 0.29) is 29.5 Å². The van der Waals surface area contributed by atoms with Gasteiger partial charge in [-0.2, -0.15) is 0 Å². The van der Waals surface area contributed by atoms with Crippen LogP contribution in [0.2, 0.25) is 0 Å². The van der Waals surface area contributed by atoms with Gasteiger partial charge in [0.2, 0.25) is 5.91 Å². The van der Waals surface area contributed by atoms with E-state index in [0.29, 0.717) is 13.0 Å². The predicted octanol–water partition coefficient (Wildman–Crippen LogP) is 1.96. The number of hydrogen-bond donors (Lipinski definition) is 1. The number of benzene rings is 2. The first-order valence-corrected chi connectivity index (χ1v) is 10.3. The van der Waals surface area contributed by atoms with E-state index < -0.39 is 9.84 Å². The molecule has 0 radical (unpaired) electrons. The fraction of sp³-hybridized carbons (Fsp3) is 0.421. The molecule has 0 bridgehead atoms. The molecule has 1 aliphatic heterocycles. The molecular weight excluding hydrogens is 336 g/mol. The molecule has 3 rings (SSSR count). The molecule has 2 atom stereocenters. The van der Waals surface area contributed by atoms with E-state index in [1.807, 2.05) is 31.0 Å². The fourth-order valence-corrected chi connectivity index (χ4v) is 4.87. The third-order valence-corrected chi connectivity index (χ3v) is 6.63. The third-order valence-electron chi connectivity index (χ3n) is 4.87. The monoisotopic (exact) mass is 360 g/mol. The highest BCUT2D eigenvalue weighted by molar-refractivity contribution is 7.91. The van der Waals surface area contributed by atoms with Crippen molar-refractivity contribution in [3.63, 3.8) is 0 Å². The van der Waals surface area contributed by atoms with Crippen LogP contribution in [0.4, 0.5) is 0 Å². The number of fused-ring (bicyclic) bond motifs is 1. The van der Waals surface area contributed by atoms with Gasteiger partial charge in [-0.15, -0.1) is 0 Å². The largest absolute Gasteiger partial charge is 0.351 e. The molecule has 0 spiro atoms. The Morgan fingerprint density at radius 2 is 1.96 bits per heavy atom. The zero-order valence-corrected chi connectivity index (χ0v) is 15.4. The van der Waals surface area contributed by atoms with E-state index in [9.17, 15) is 13.2 Å². The predicted molar refractivity (Wildman–Crippen MR) is 100 cm³/mol.